The second-order valence-corrected chi connectivity index (χ2v) is 7.04. The highest BCUT2D eigenvalue weighted by Gasteiger charge is 2.42. The first-order valence-corrected chi connectivity index (χ1v) is 7.52. The highest BCUT2D eigenvalue weighted by Crippen LogP contribution is 2.45. The number of nitrogens with zero attached hydrogens (tertiary/aromatic N) is 1. The molecule has 0 aromatic heterocycles. The summed E-state index contributed by atoms with van der Waals surface area (Å²) in [6, 6.07) is 6.78. The fourth-order valence-corrected chi connectivity index (χ4v) is 3.92. The molecule has 104 valence electrons. The van der Waals surface area contributed by atoms with Crippen molar-refractivity contribution in [2.45, 2.75) is 65.1 Å². The second kappa shape index (κ2) is 4.59. The molecule has 0 bridgehead atoms. The van der Waals surface area contributed by atoms with E-state index in [1.165, 1.54) is 18.4 Å². The summed E-state index contributed by atoms with van der Waals surface area (Å²) in [6.07, 6.45) is 4.57. The van der Waals surface area contributed by atoms with Crippen molar-refractivity contribution in [2.75, 3.05) is 0 Å². The average Bonchev–Trinajstić information content (AvgIpc) is 2.35. The van der Waals surface area contributed by atoms with Crippen LogP contribution in [0, 0.1) is 11.2 Å². The SMILES string of the molecule is CC[C@@H]1Cc2c(F)cccc2CN1C1CC(C)(C)C1. The standard InChI is InChI=1S/C17H24FN/c1-4-13-8-15-12(6-5-7-16(15)18)11-19(13)14-9-17(2,3)10-14/h5-7,13-14H,4,8-11H2,1-3H3/t13-/m1/s1. The minimum absolute atomic E-state index is 0.00969. The van der Waals surface area contributed by atoms with E-state index in [1.807, 2.05) is 6.07 Å². The summed E-state index contributed by atoms with van der Waals surface area (Å²) >= 11 is 0. The number of benzene rings is 1. The Hall–Kier alpha value is -0.890. The Morgan fingerprint density at radius 2 is 2.05 bits per heavy atom. The monoisotopic (exact) mass is 261 g/mol. The predicted molar refractivity (Wildman–Crippen MR) is 76.5 cm³/mol. The van der Waals surface area contributed by atoms with Gasteiger partial charge in [-0.05, 0) is 48.3 Å². The van der Waals surface area contributed by atoms with Crippen LogP contribution in [0.3, 0.4) is 0 Å². The van der Waals surface area contributed by atoms with Gasteiger partial charge in [0.15, 0.2) is 0 Å². The molecule has 3 rings (SSSR count). The number of fused-ring (bicyclic) bond motifs is 1. The number of hydrogen-bond donors (Lipinski definition) is 0. The Balaban J connectivity index is 1.83. The molecule has 1 aromatic carbocycles. The van der Waals surface area contributed by atoms with Gasteiger partial charge in [0.25, 0.3) is 0 Å². The van der Waals surface area contributed by atoms with E-state index in [9.17, 15) is 4.39 Å². The minimum Gasteiger partial charge on any atom is -0.293 e. The molecule has 0 N–H and O–H groups in total. The first-order chi connectivity index (χ1) is 9.00. The fourth-order valence-electron chi connectivity index (χ4n) is 3.92. The van der Waals surface area contributed by atoms with Crippen molar-refractivity contribution < 1.29 is 4.39 Å². The normalized spacial score (nSPS) is 26.8. The van der Waals surface area contributed by atoms with Crippen LogP contribution in [-0.2, 0) is 13.0 Å². The molecule has 0 spiro atoms. The Bertz CT molecular complexity index is 472. The van der Waals surface area contributed by atoms with Crippen molar-refractivity contribution in [3.8, 4) is 0 Å². The molecule has 0 unspecified atom stereocenters. The first kappa shape index (κ1) is 13.1. The third-order valence-electron chi connectivity index (χ3n) is 4.99. The van der Waals surface area contributed by atoms with E-state index in [1.54, 1.807) is 6.07 Å². The summed E-state index contributed by atoms with van der Waals surface area (Å²) in [5.74, 6) is -0.00969. The van der Waals surface area contributed by atoms with Gasteiger partial charge < -0.3 is 0 Å². The molecule has 1 nitrogen and oxygen atoms in total. The zero-order chi connectivity index (χ0) is 13.6. The average molecular weight is 261 g/mol. The summed E-state index contributed by atoms with van der Waals surface area (Å²) < 4.78 is 13.9. The molecule has 1 atom stereocenters. The number of hydrogen-bond acceptors (Lipinski definition) is 1. The molecular weight excluding hydrogens is 237 g/mol. The Kier molecular flexibility index (Phi) is 3.17. The van der Waals surface area contributed by atoms with E-state index in [0.717, 1.165) is 24.9 Å². The summed E-state index contributed by atoms with van der Waals surface area (Å²) in [5, 5.41) is 0. The quantitative estimate of drug-likeness (QED) is 0.773. The largest absolute Gasteiger partial charge is 0.293 e. The maximum Gasteiger partial charge on any atom is 0.126 e. The van der Waals surface area contributed by atoms with Crippen LogP contribution in [0.5, 0.6) is 0 Å². The van der Waals surface area contributed by atoms with Crippen molar-refractivity contribution in [1.29, 1.82) is 0 Å². The van der Waals surface area contributed by atoms with E-state index in [4.69, 9.17) is 0 Å². The molecule has 1 aromatic rings. The summed E-state index contributed by atoms with van der Waals surface area (Å²) in [4.78, 5) is 2.63. The van der Waals surface area contributed by atoms with E-state index in [-0.39, 0.29) is 5.82 Å². The molecule has 1 aliphatic carbocycles. The molecule has 0 saturated heterocycles. The zero-order valence-electron chi connectivity index (χ0n) is 12.2. The molecule has 19 heavy (non-hydrogen) atoms. The van der Waals surface area contributed by atoms with Crippen molar-refractivity contribution in [2.24, 2.45) is 5.41 Å². The van der Waals surface area contributed by atoms with E-state index < -0.39 is 0 Å². The van der Waals surface area contributed by atoms with E-state index in [2.05, 4.69) is 31.7 Å². The van der Waals surface area contributed by atoms with E-state index in [0.29, 0.717) is 17.5 Å². The van der Waals surface area contributed by atoms with Gasteiger partial charge in [0.1, 0.15) is 5.82 Å². The van der Waals surface area contributed by atoms with Crippen molar-refractivity contribution in [3.63, 3.8) is 0 Å². The van der Waals surface area contributed by atoms with Gasteiger partial charge in [-0.15, -0.1) is 0 Å². The van der Waals surface area contributed by atoms with Crippen molar-refractivity contribution in [1.82, 2.24) is 4.90 Å². The third kappa shape index (κ3) is 2.31. The van der Waals surface area contributed by atoms with Gasteiger partial charge in [0.2, 0.25) is 0 Å². The van der Waals surface area contributed by atoms with Gasteiger partial charge in [-0.3, -0.25) is 4.90 Å². The Labute approximate surface area is 115 Å². The lowest BCUT2D eigenvalue weighted by Crippen LogP contribution is -2.54. The van der Waals surface area contributed by atoms with E-state index >= 15 is 0 Å². The highest BCUT2D eigenvalue weighted by atomic mass is 19.1. The van der Waals surface area contributed by atoms with Crippen LogP contribution in [-0.4, -0.2) is 17.0 Å². The fraction of sp³-hybridized carbons (Fsp3) is 0.647. The first-order valence-electron chi connectivity index (χ1n) is 7.52. The number of halogens is 1. The maximum absolute atomic E-state index is 13.9. The lowest BCUT2D eigenvalue weighted by atomic mass is 9.67. The van der Waals surface area contributed by atoms with Crippen molar-refractivity contribution >= 4 is 0 Å². The van der Waals surface area contributed by atoms with Crippen LogP contribution >= 0.6 is 0 Å². The van der Waals surface area contributed by atoms with Gasteiger partial charge in [-0.25, -0.2) is 4.39 Å². The van der Waals surface area contributed by atoms with Crippen LogP contribution in [0.15, 0.2) is 18.2 Å². The van der Waals surface area contributed by atoms with Crippen LogP contribution < -0.4 is 0 Å². The Morgan fingerprint density at radius 3 is 2.68 bits per heavy atom. The predicted octanol–water partition coefficient (Wildman–Crippen LogP) is 4.15. The molecule has 2 heteroatoms. The van der Waals surface area contributed by atoms with Gasteiger partial charge in [0, 0.05) is 18.6 Å². The lowest BCUT2D eigenvalue weighted by molar-refractivity contribution is -0.0128. The van der Waals surface area contributed by atoms with Crippen LogP contribution in [0.1, 0.15) is 51.2 Å². The number of rotatable bonds is 2. The molecule has 2 aliphatic rings. The third-order valence-corrected chi connectivity index (χ3v) is 4.99. The summed E-state index contributed by atoms with van der Waals surface area (Å²) in [6.45, 7) is 7.86. The smallest absolute Gasteiger partial charge is 0.126 e. The molecule has 0 amide bonds. The van der Waals surface area contributed by atoms with Crippen LogP contribution in [0.2, 0.25) is 0 Å². The van der Waals surface area contributed by atoms with Crippen molar-refractivity contribution in [3.05, 3.63) is 35.1 Å². The summed E-state index contributed by atoms with van der Waals surface area (Å²) in [5.41, 5.74) is 2.67. The zero-order valence-corrected chi connectivity index (χ0v) is 12.2. The van der Waals surface area contributed by atoms with Gasteiger partial charge in [-0.2, -0.15) is 0 Å². The van der Waals surface area contributed by atoms with Gasteiger partial charge in [0.05, 0.1) is 0 Å². The van der Waals surface area contributed by atoms with Crippen LogP contribution in [0.25, 0.3) is 0 Å². The summed E-state index contributed by atoms with van der Waals surface area (Å²) in [7, 11) is 0. The maximum atomic E-state index is 13.9. The minimum atomic E-state index is -0.00969. The Morgan fingerprint density at radius 1 is 1.32 bits per heavy atom. The topological polar surface area (TPSA) is 3.24 Å². The molecule has 1 fully saturated rings. The van der Waals surface area contributed by atoms with Gasteiger partial charge in [-0.1, -0.05) is 32.9 Å². The molecule has 0 radical (unpaired) electrons. The molecular formula is C17H24FN. The van der Waals surface area contributed by atoms with Crippen LogP contribution in [0.4, 0.5) is 4.39 Å². The van der Waals surface area contributed by atoms with Gasteiger partial charge >= 0.3 is 0 Å². The molecule has 1 saturated carbocycles. The molecule has 1 heterocycles. The highest BCUT2D eigenvalue weighted by molar-refractivity contribution is 5.32. The lowest BCUT2D eigenvalue weighted by Gasteiger charge is -2.52. The molecule has 1 aliphatic heterocycles. The second-order valence-electron chi connectivity index (χ2n) is 7.04.